The Morgan fingerprint density at radius 2 is 1.83 bits per heavy atom. The molecule has 0 atom stereocenters. The van der Waals surface area contributed by atoms with Crippen molar-refractivity contribution in [2.75, 3.05) is 6.54 Å². The molecule has 0 aliphatic heterocycles. The van der Waals surface area contributed by atoms with Crippen LogP contribution in [0.4, 0.5) is 4.39 Å². The van der Waals surface area contributed by atoms with Gasteiger partial charge in [-0.3, -0.25) is 14.6 Å². The van der Waals surface area contributed by atoms with Crippen molar-refractivity contribution in [1.29, 1.82) is 0 Å². The second-order valence-electron chi connectivity index (χ2n) is 7.03. The summed E-state index contributed by atoms with van der Waals surface area (Å²) in [5, 5.41) is 2.93. The lowest BCUT2D eigenvalue weighted by Gasteiger charge is -2.13. The zero-order valence-electron chi connectivity index (χ0n) is 16.8. The summed E-state index contributed by atoms with van der Waals surface area (Å²) in [7, 11) is 0. The van der Waals surface area contributed by atoms with E-state index >= 15 is 0 Å². The van der Waals surface area contributed by atoms with E-state index in [9.17, 15) is 14.0 Å². The summed E-state index contributed by atoms with van der Waals surface area (Å²) in [4.78, 5) is 29.4. The number of benzene rings is 1. The lowest BCUT2D eigenvalue weighted by molar-refractivity contribution is 0.0944. The molecule has 0 bridgehead atoms. The van der Waals surface area contributed by atoms with Crippen LogP contribution in [0.15, 0.2) is 48.7 Å². The number of carbonyl (C=O) groups is 2. The van der Waals surface area contributed by atoms with Crippen LogP contribution in [0.3, 0.4) is 0 Å². The lowest BCUT2D eigenvalue weighted by atomic mass is 10.1. The standard InChI is InChI=1S/C23H24FN3O2/c1-15-21(17(3)28)16(2)27(14-18-7-9-19(24)10-8-18)22(15)23(29)26-13-11-20-6-4-5-12-25-20/h4-10,12H,11,13-14H2,1-3H3,(H,26,29). The maximum atomic E-state index is 13.2. The minimum absolute atomic E-state index is 0.0830. The number of nitrogens with zero attached hydrogens (tertiary/aromatic N) is 2. The molecule has 0 unspecified atom stereocenters. The predicted molar refractivity (Wildman–Crippen MR) is 110 cm³/mol. The van der Waals surface area contributed by atoms with E-state index in [-0.39, 0.29) is 17.5 Å². The van der Waals surface area contributed by atoms with Gasteiger partial charge in [-0.2, -0.15) is 0 Å². The fourth-order valence-corrected chi connectivity index (χ4v) is 3.61. The minimum atomic E-state index is -0.314. The van der Waals surface area contributed by atoms with E-state index in [0.29, 0.717) is 36.3 Å². The SMILES string of the molecule is CC(=O)c1c(C)c(C(=O)NCCc2ccccn2)n(Cc2ccc(F)cc2)c1C. The number of Topliss-reactive ketones (excluding diaryl/α,β-unsaturated/α-hetero) is 1. The van der Waals surface area contributed by atoms with Crippen LogP contribution in [0.5, 0.6) is 0 Å². The van der Waals surface area contributed by atoms with Crippen LogP contribution >= 0.6 is 0 Å². The van der Waals surface area contributed by atoms with Crippen LogP contribution in [0, 0.1) is 19.7 Å². The van der Waals surface area contributed by atoms with E-state index in [1.165, 1.54) is 19.1 Å². The Bertz CT molecular complexity index is 1020. The monoisotopic (exact) mass is 393 g/mol. The largest absolute Gasteiger partial charge is 0.350 e. The third-order valence-corrected chi connectivity index (χ3v) is 4.98. The number of rotatable bonds is 7. The van der Waals surface area contributed by atoms with Crippen molar-refractivity contribution in [3.05, 3.63) is 88.3 Å². The van der Waals surface area contributed by atoms with Crippen LogP contribution in [0.25, 0.3) is 0 Å². The second-order valence-corrected chi connectivity index (χ2v) is 7.03. The number of aromatic nitrogens is 2. The lowest BCUT2D eigenvalue weighted by Crippen LogP contribution is -2.29. The number of pyridine rings is 1. The van der Waals surface area contributed by atoms with Crippen molar-refractivity contribution < 1.29 is 14.0 Å². The molecule has 1 aromatic carbocycles. The molecule has 5 nitrogen and oxygen atoms in total. The second kappa shape index (κ2) is 8.82. The van der Waals surface area contributed by atoms with Gasteiger partial charge in [-0.25, -0.2) is 4.39 Å². The van der Waals surface area contributed by atoms with Gasteiger partial charge in [0.25, 0.3) is 5.91 Å². The third-order valence-electron chi connectivity index (χ3n) is 4.98. The number of halogens is 1. The third kappa shape index (κ3) is 4.59. The quantitative estimate of drug-likeness (QED) is 0.620. The molecule has 0 spiro atoms. The minimum Gasteiger partial charge on any atom is -0.350 e. The number of hydrogen-bond donors (Lipinski definition) is 1. The van der Waals surface area contributed by atoms with Crippen LogP contribution < -0.4 is 5.32 Å². The zero-order valence-corrected chi connectivity index (χ0v) is 16.8. The molecule has 29 heavy (non-hydrogen) atoms. The highest BCUT2D eigenvalue weighted by atomic mass is 19.1. The first-order chi connectivity index (χ1) is 13.9. The van der Waals surface area contributed by atoms with Crippen LogP contribution in [-0.4, -0.2) is 27.8 Å². The van der Waals surface area contributed by atoms with E-state index in [2.05, 4.69) is 10.3 Å². The molecule has 2 aromatic heterocycles. The first-order valence-electron chi connectivity index (χ1n) is 9.51. The number of amides is 1. The number of carbonyl (C=O) groups excluding carboxylic acids is 2. The molecule has 3 rings (SSSR count). The molecule has 0 radical (unpaired) electrons. The highest BCUT2D eigenvalue weighted by Crippen LogP contribution is 2.24. The Labute approximate surface area is 169 Å². The summed E-state index contributed by atoms with van der Waals surface area (Å²) < 4.78 is 15.1. The van der Waals surface area contributed by atoms with Crippen molar-refractivity contribution in [2.24, 2.45) is 0 Å². The van der Waals surface area contributed by atoms with Crippen LogP contribution in [0.1, 0.15) is 50.3 Å². The van der Waals surface area contributed by atoms with Gasteiger partial charge in [-0.1, -0.05) is 18.2 Å². The predicted octanol–water partition coefficient (Wildman–Crippen LogP) is 3.86. The summed E-state index contributed by atoms with van der Waals surface area (Å²) in [6.07, 6.45) is 2.33. The molecule has 150 valence electrons. The van der Waals surface area contributed by atoms with Crippen molar-refractivity contribution >= 4 is 11.7 Å². The van der Waals surface area contributed by atoms with E-state index in [1.807, 2.05) is 29.7 Å². The average molecular weight is 393 g/mol. The van der Waals surface area contributed by atoms with Crippen molar-refractivity contribution in [1.82, 2.24) is 14.9 Å². The smallest absolute Gasteiger partial charge is 0.268 e. The Morgan fingerprint density at radius 3 is 2.45 bits per heavy atom. The fourth-order valence-electron chi connectivity index (χ4n) is 3.61. The van der Waals surface area contributed by atoms with Crippen molar-refractivity contribution in [3.8, 4) is 0 Å². The summed E-state index contributed by atoms with van der Waals surface area (Å²) in [5.41, 5.74) is 4.15. The maximum absolute atomic E-state index is 13.2. The molecule has 0 saturated heterocycles. The van der Waals surface area contributed by atoms with E-state index in [0.717, 1.165) is 17.0 Å². The zero-order chi connectivity index (χ0) is 21.0. The van der Waals surface area contributed by atoms with Gasteiger partial charge in [0.05, 0.1) is 0 Å². The Morgan fingerprint density at radius 1 is 1.10 bits per heavy atom. The Kier molecular flexibility index (Phi) is 6.22. The Hall–Kier alpha value is -3.28. The maximum Gasteiger partial charge on any atom is 0.268 e. The first kappa shape index (κ1) is 20.5. The highest BCUT2D eigenvalue weighted by molar-refractivity contribution is 6.02. The summed E-state index contributed by atoms with van der Waals surface area (Å²) in [6.45, 7) is 5.94. The average Bonchev–Trinajstić information content (AvgIpc) is 2.94. The number of hydrogen-bond acceptors (Lipinski definition) is 3. The van der Waals surface area contributed by atoms with Gasteiger partial charge in [0.1, 0.15) is 11.5 Å². The van der Waals surface area contributed by atoms with E-state index in [1.54, 1.807) is 25.3 Å². The molecule has 0 aliphatic rings. The molecule has 6 heteroatoms. The molecule has 0 aliphatic carbocycles. The van der Waals surface area contributed by atoms with Crippen molar-refractivity contribution in [3.63, 3.8) is 0 Å². The first-order valence-corrected chi connectivity index (χ1v) is 9.51. The molecule has 1 amide bonds. The van der Waals surface area contributed by atoms with Gasteiger partial charge in [0, 0.05) is 42.7 Å². The van der Waals surface area contributed by atoms with Gasteiger partial charge in [-0.15, -0.1) is 0 Å². The van der Waals surface area contributed by atoms with Crippen LogP contribution in [-0.2, 0) is 13.0 Å². The van der Waals surface area contributed by atoms with Gasteiger partial charge in [0.2, 0.25) is 0 Å². The highest BCUT2D eigenvalue weighted by Gasteiger charge is 2.24. The molecule has 0 saturated carbocycles. The molecule has 0 fully saturated rings. The van der Waals surface area contributed by atoms with Gasteiger partial charge < -0.3 is 9.88 Å². The number of nitrogens with one attached hydrogen (secondary N) is 1. The Balaban J connectivity index is 1.87. The molecular weight excluding hydrogens is 369 g/mol. The van der Waals surface area contributed by atoms with Crippen molar-refractivity contribution in [2.45, 2.75) is 33.7 Å². The topological polar surface area (TPSA) is 64.0 Å². The van der Waals surface area contributed by atoms with E-state index in [4.69, 9.17) is 0 Å². The molecule has 3 aromatic rings. The van der Waals surface area contributed by atoms with Crippen LogP contribution in [0.2, 0.25) is 0 Å². The molecular formula is C23H24FN3O2. The summed E-state index contributed by atoms with van der Waals surface area (Å²) in [5.74, 6) is -0.636. The summed E-state index contributed by atoms with van der Waals surface area (Å²) >= 11 is 0. The molecule has 2 heterocycles. The normalized spacial score (nSPS) is 10.8. The summed E-state index contributed by atoms with van der Waals surface area (Å²) in [6, 6.07) is 11.8. The van der Waals surface area contributed by atoms with Gasteiger partial charge in [-0.05, 0) is 56.2 Å². The van der Waals surface area contributed by atoms with Gasteiger partial charge in [0.15, 0.2) is 5.78 Å². The number of ketones is 1. The fraction of sp³-hybridized carbons (Fsp3) is 0.261. The van der Waals surface area contributed by atoms with E-state index < -0.39 is 0 Å². The van der Waals surface area contributed by atoms with Gasteiger partial charge >= 0.3 is 0 Å². The molecule has 1 N–H and O–H groups in total.